The van der Waals surface area contributed by atoms with Gasteiger partial charge in [0.25, 0.3) is 0 Å². The van der Waals surface area contributed by atoms with Crippen LogP contribution in [-0.4, -0.2) is 12.6 Å². The summed E-state index contributed by atoms with van der Waals surface area (Å²) >= 11 is 5.62. The molecule has 0 saturated carbocycles. The SMILES string of the molecule is CCOC(=O)/C(C)=C/c1ccc(F)c(Cl)c1. The van der Waals surface area contributed by atoms with E-state index in [0.29, 0.717) is 17.7 Å². The Kier molecular flexibility index (Phi) is 4.50. The third kappa shape index (κ3) is 3.35. The number of benzene rings is 1. The molecule has 0 heterocycles. The molecule has 86 valence electrons. The van der Waals surface area contributed by atoms with Crippen molar-refractivity contribution in [2.24, 2.45) is 0 Å². The highest BCUT2D eigenvalue weighted by molar-refractivity contribution is 6.30. The minimum Gasteiger partial charge on any atom is -0.463 e. The molecular weight excluding hydrogens is 231 g/mol. The van der Waals surface area contributed by atoms with Crippen molar-refractivity contribution < 1.29 is 13.9 Å². The standard InChI is InChI=1S/C12H12ClFO2/c1-3-16-12(15)8(2)6-9-4-5-11(14)10(13)7-9/h4-7H,3H2,1-2H3/b8-6+. The lowest BCUT2D eigenvalue weighted by atomic mass is 10.1. The Balaban J connectivity index is 2.89. The van der Waals surface area contributed by atoms with Crippen LogP contribution in [0.15, 0.2) is 23.8 Å². The molecule has 0 aromatic heterocycles. The summed E-state index contributed by atoms with van der Waals surface area (Å²) in [5.41, 5.74) is 1.11. The highest BCUT2D eigenvalue weighted by atomic mass is 35.5. The van der Waals surface area contributed by atoms with Gasteiger partial charge in [0.2, 0.25) is 0 Å². The third-order valence-electron chi connectivity index (χ3n) is 1.92. The first-order chi connectivity index (χ1) is 7.54. The topological polar surface area (TPSA) is 26.3 Å². The van der Waals surface area contributed by atoms with Gasteiger partial charge in [-0.1, -0.05) is 17.7 Å². The van der Waals surface area contributed by atoms with E-state index in [1.165, 1.54) is 12.1 Å². The first-order valence-electron chi connectivity index (χ1n) is 4.85. The van der Waals surface area contributed by atoms with Gasteiger partial charge in [0.15, 0.2) is 0 Å². The van der Waals surface area contributed by atoms with Crippen molar-refractivity contribution in [1.29, 1.82) is 0 Å². The van der Waals surface area contributed by atoms with Gasteiger partial charge in [-0.15, -0.1) is 0 Å². The molecule has 0 N–H and O–H groups in total. The molecule has 0 aliphatic heterocycles. The minimum atomic E-state index is -0.479. The van der Waals surface area contributed by atoms with Crippen molar-refractivity contribution in [3.63, 3.8) is 0 Å². The van der Waals surface area contributed by atoms with E-state index in [1.807, 2.05) is 0 Å². The van der Waals surface area contributed by atoms with Crippen LogP contribution in [0.1, 0.15) is 19.4 Å². The molecule has 0 atom stereocenters. The van der Waals surface area contributed by atoms with Gasteiger partial charge in [-0.2, -0.15) is 0 Å². The van der Waals surface area contributed by atoms with Gasteiger partial charge < -0.3 is 4.74 Å². The number of hydrogen-bond acceptors (Lipinski definition) is 2. The molecule has 0 amide bonds. The second kappa shape index (κ2) is 5.66. The summed E-state index contributed by atoms with van der Waals surface area (Å²) in [5, 5.41) is 0.0328. The van der Waals surface area contributed by atoms with Gasteiger partial charge >= 0.3 is 5.97 Å². The third-order valence-corrected chi connectivity index (χ3v) is 2.21. The predicted molar refractivity (Wildman–Crippen MR) is 61.7 cm³/mol. The highest BCUT2D eigenvalue weighted by Gasteiger charge is 2.05. The molecule has 0 spiro atoms. The van der Waals surface area contributed by atoms with E-state index in [-0.39, 0.29) is 11.0 Å². The number of esters is 1. The summed E-state index contributed by atoms with van der Waals surface area (Å²) in [6.07, 6.45) is 1.60. The van der Waals surface area contributed by atoms with Gasteiger partial charge in [0.1, 0.15) is 5.82 Å². The van der Waals surface area contributed by atoms with Crippen LogP contribution in [0.5, 0.6) is 0 Å². The van der Waals surface area contributed by atoms with E-state index in [0.717, 1.165) is 0 Å². The minimum absolute atomic E-state index is 0.0328. The molecule has 0 saturated heterocycles. The zero-order valence-electron chi connectivity index (χ0n) is 9.09. The molecule has 2 nitrogen and oxygen atoms in total. The molecular formula is C12H12ClFO2. The van der Waals surface area contributed by atoms with Gasteiger partial charge in [0.05, 0.1) is 11.6 Å². The van der Waals surface area contributed by atoms with Crippen LogP contribution in [-0.2, 0) is 9.53 Å². The fourth-order valence-electron chi connectivity index (χ4n) is 1.16. The molecule has 16 heavy (non-hydrogen) atoms. The van der Waals surface area contributed by atoms with Crippen molar-refractivity contribution in [3.05, 3.63) is 40.2 Å². The smallest absolute Gasteiger partial charge is 0.333 e. The first-order valence-corrected chi connectivity index (χ1v) is 5.23. The average molecular weight is 243 g/mol. The van der Waals surface area contributed by atoms with Crippen LogP contribution in [0, 0.1) is 5.82 Å². The summed E-state index contributed by atoms with van der Waals surface area (Å²) in [7, 11) is 0. The lowest BCUT2D eigenvalue weighted by Crippen LogP contribution is -2.04. The zero-order chi connectivity index (χ0) is 12.1. The Bertz CT molecular complexity index is 427. The summed E-state index contributed by atoms with van der Waals surface area (Å²) in [4.78, 5) is 11.3. The maximum absolute atomic E-state index is 12.9. The van der Waals surface area contributed by atoms with E-state index in [4.69, 9.17) is 16.3 Å². The number of ether oxygens (including phenoxy) is 1. The van der Waals surface area contributed by atoms with Gasteiger partial charge in [-0.25, -0.2) is 9.18 Å². The summed E-state index contributed by atoms with van der Waals surface area (Å²) in [6, 6.07) is 4.26. The molecule has 1 aromatic rings. The lowest BCUT2D eigenvalue weighted by molar-refractivity contribution is -0.138. The fourth-order valence-corrected chi connectivity index (χ4v) is 1.34. The van der Waals surface area contributed by atoms with E-state index >= 15 is 0 Å². The van der Waals surface area contributed by atoms with Crippen LogP contribution < -0.4 is 0 Å². The fraction of sp³-hybridized carbons (Fsp3) is 0.250. The van der Waals surface area contributed by atoms with Crippen LogP contribution in [0.3, 0.4) is 0 Å². The van der Waals surface area contributed by atoms with Crippen molar-refractivity contribution in [1.82, 2.24) is 0 Å². The average Bonchev–Trinajstić information content (AvgIpc) is 2.24. The molecule has 0 aliphatic carbocycles. The number of rotatable bonds is 3. The first kappa shape index (κ1) is 12.7. The number of halogens is 2. The Morgan fingerprint density at radius 2 is 2.25 bits per heavy atom. The molecule has 1 rings (SSSR count). The van der Waals surface area contributed by atoms with Gasteiger partial charge in [-0.3, -0.25) is 0 Å². The summed E-state index contributed by atoms with van der Waals surface area (Å²) < 4.78 is 17.7. The molecule has 0 unspecified atom stereocenters. The number of carbonyl (C=O) groups is 1. The second-order valence-electron chi connectivity index (χ2n) is 3.22. The molecule has 0 radical (unpaired) electrons. The monoisotopic (exact) mass is 242 g/mol. The van der Waals surface area contributed by atoms with E-state index in [1.54, 1.807) is 26.0 Å². The van der Waals surface area contributed by atoms with Crippen molar-refractivity contribution in [2.45, 2.75) is 13.8 Å². The maximum Gasteiger partial charge on any atom is 0.333 e. The van der Waals surface area contributed by atoms with Crippen LogP contribution >= 0.6 is 11.6 Å². The van der Waals surface area contributed by atoms with Crippen molar-refractivity contribution in [3.8, 4) is 0 Å². The van der Waals surface area contributed by atoms with Crippen molar-refractivity contribution in [2.75, 3.05) is 6.61 Å². The lowest BCUT2D eigenvalue weighted by Gasteiger charge is -2.02. The molecule has 4 heteroatoms. The van der Waals surface area contributed by atoms with Gasteiger partial charge in [0, 0.05) is 5.57 Å². The van der Waals surface area contributed by atoms with Crippen molar-refractivity contribution >= 4 is 23.6 Å². The van der Waals surface area contributed by atoms with Gasteiger partial charge in [-0.05, 0) is 37.6 Å². The maximum atomic E-state index is 12.9. The Morgan fingerprint density at radius 3 is 2.81 bits per heavy atom. The van der Waals surface area contributed by atoms with Crippen LogP contribution in [0.4, 0.5) is 4.39 Å². The van der Waals surface area contributed by atoms with E-state index < -0.39 is 5.82 Å². The molecule has 0 aliphatic rings. The summed E-state index contributed by atoms with van der Waals surface area (Å²) in [5.74, 6) is -0.865. The van der Waals surface area contributed by atoms with Crippen LogP contribution in [0.25, 0.3) is 6.08 Å². The van der Waals surface area contributed by atoms with E-state index in [9.17, 15) is 9.18 Å². The largest absolute Gasteiger partial charge is 0.463 e. The highest BCUT2D eigenvalue weighted by Crippen LogP contribution is 2.18. The predicted octanol–water partition coefficient (Wildman–Crippen LogP) is 3.45. The van der Waals surface area contributed by atoms with Crippen LogP contribution in [0.2, 0.25) is 5.02 Å². The number of hydrogen-bond donors (Lipinski definition) is 0. The Morgan fingerprint density at radius 1 is 1.56 bits per heavy atom. The quantitative estimate of drug-likeness (QED) is 0.600. The zero-order valence-corrected chi connectivity index (χ0v) is 9.84. The number of carbonyl (C=O) groups excluding carboxylic acids is 1. The Hall–Kier alpha value is -1.35. The second-order valence-corrected chi connectivity index (χ2v) is 3.63. The summed E-state index contributed by atoms with van der Waals surface area (Å²) in [6.45, 7) is 3.70. The van der Waals surface area contributed by atoms with E-state index in [2.05, 4.69) is 0 Å². The Labute approximate surface area is 98.7 Å². The molecule has 1 aromatic carbocycles. The normalized spacial score (nSPS) is 11.4. The molecule has 0 bridgehead atoms. The molecule has 0 fully saturated rings.